The Kier molecular flexibility index (Phi) is 4.02. The van der Waals surface area contributed by atoms with Gasteiger partial charge in [-0.15, -0.1) is 0 Å². The number of benzene rings is 2. The van der Waals surface area contributed by atoms with Crippen molar-refractivity contribution in [3.63, 3.8) is 0 Å². The Morgan fingerprint density at radius 2 is 1.71 bits per heavy atom. The van der Waals surface area contributed by atoms with Crippen LogP contribution >= 0.6 is 31.9 Å². The summed E-state index contributed by atoms with van der Waals surface area (Å²) in [4.78, 5) is 0. The minimum Gasteiger partial charge on any atom is -0.384 e. The third kappa shape index (κ3) is 2.79. The smallest absolute Gasteiger partial charge is 0.105 e. The minimum absolute atomic E-state index is 0.608. The van der Waals surface area contributed by atoms with Gasteiger partial charge in [0.05, 0.1) is 0 Å². The largest absolute Gasteiger partial charge is 0.384 e. The van der Waals surface area contributed by atoms with Gasteiger partial charge < -0.3 is 5.11 Å². The van der Waals surface area contributed by atoms with Gasteiger partial charge in [-0.3, -0.25) is 0 Å². The minimum atomic E-state index is -0.608. The van der Waals surface area contributed by atoms with Crippen LogP contribution < -0.4 is 0 Å². The number of rotatable bonds is 2. The number of halogens is 2. The van der Waals surface area contributed by atoms with E-state index in [-0.39, 0.29) is 0 Å². The number of aliphatic hydroxyl groups is 1. The highest BCUT2D eigenvalue weighted by atomic mass is 79.9. The van der Waals surface area contributed by atoms with Crippen LogP contribution in [0.2, 0.25) is 0 Å². The Morgan fingerprint density at radius 1 is 1.00 bits per heavy atom. The van der Waals surface area contributed by atoms with Gasteiger partial charge in [0, 0.05) is 14.5 Å². The van der Waals surface area contributed by atoms with Crippen molar-refractivity contribution in [1.29, 1.82) is 0 Å². The SMILES string of the molecule is Cc1ccccc1C(O)c1cc(Br)ccc1Br. The highest BCUT2D eigenvalue weighted by Gasteiger charge is 2.15. The van der Waals surface area contributed by atoms with Gasteiger partial charge in [-0.1, -0.05) is 56.1 Å². The fraction of sp³-hybridized carbons (Fsp3) is 0.143. The second kappa shape index (κ2) is 5.34. The number of hydrogen-bond donors (Lipinski definition) is 1. The van der Waals surface area contributed by atoms with E-state index in [9.17, 15) is 5.11 Å². The molecule has 0 spiro atoms. The van der Waals surface area contributed by atoms with Gasteiger partial charge in [-0.2, -0.15) is 0 Å². The van der Waals surface area contributed by atoms with E-state index in [0.717, 1.165) is 25.6 Å². The maximum absolute atomic E-state index is 10.4. The zero-order chi connectivity index (χ0) is 12.4. The Bertz CT molecular complexity index is 537. The fourth-order valence-corrected chi connectivity index (χ4v) is 2.63. The van der Waals surface area contributed by atoms with Crippen molar-refractivity contribution in [1.82, 2.24) is 0 Å². The molecule has 2 rings (SSSR count). The molecule has 0 saturated heterocycles. The van der Waals surface area contributed by atoms with Gasteiger partial charge in [0.1, 0.15) is 6.10 Å². The monoisotopic (exact) mass is 354 g/mol. The molecule has 0 saturated carbocycles. The van der Waals surface area contributed by atoms with Crippen molar-refractivity contribution in [3.8, 4) is 0 Å². The summed E-state index contributed by atoms with van der Waals surface area (Å²) in [5.41, 5.74) is 2.90. The lowest BCUT2D eigenvalue weighted by Crippen LogP contribution is -2.02. The average Bonchev–Trinajstić information content (AvgIpc) is 2.32. The van der Waals surface area contributed by atoms with Gasteiger partial charge in [0.15, 0.2) is 0 Å². The first kappa shape index (κ1) is 12.8. The van der Waals surface area contributed by atoms with Gasteiger partial charge in [-0.25, -0.2) is 0 Å². The Balaban J connectivity index is 2.47. The second-order valence-corrected chi connectivity index (χ2v) is 5.69. The molecule has 0 aliphatic rings. The molecule has 0 heterocycles. The van der Waals surface area contributed by atoms with E-state index in [1.807, 2.05) is 49.4 Å². The van der Waals surface area contributed by atoms with Crippen LogP contribution in [0.15, 0.2) is 51.4 Å². The van der Waals surface area contributed by atoms with E-state index in [1.165, 1.54) is 0 Å². The van der Waals surface area contributed by atoms with Crippen molar-refractivity contribution in [2.75, 3.05) is 0 Å². The molecule has 0 amide bonds. The normalized spacial score (nSPS) is 12.5. The second-order valence-electron chi connectivity index (χ2n) is 3.92. The summed E-state index contributed by atoms with van der Waals surface area (Å²) in [6.45, 7) is 2.00. The van der Waals surface area contributed by atoms with Crippen molar-refractivity contribution in [2.45, 2.75) is 13.0 Å². The van der Waals surface area contributed by atoms with E-state index >= 15 is 0 Å². The molecule has 17 heavy (non-hydrogen) atoms. The van der Waals surface area contributed by atoms with Gasteiger partial charge in [0.25, 0.3) is 0 Å². The maximum Gasteiger partial charge on any atom is 0.105 e. The first-order valence-electron chi connectivity index (χ1n) is 5.28. The van der Waals surface area contributed by atoms with E-state index in [0.29, 0.717) is 0 Å². The zero-order valence-corrected chi connectivity index (χ0v) is 12.5. The van der Waals surface area contributed by atoms with Gasteiger partial charge >= 0.3 is 0 Å². The van der Waals surface area contributed by atoms with Crippen molar-refractivity contribution in [3.05, 3.63) is 68.1 Å². The summed E-state index contributed by atoms with van der Waals surface area (Å²) in [7, 11) is 0. The molecule has 1 N–H and O–H groups in total. The first-order chi connectivity index (χ1) is 8.09. The zero-order valence-electron chi connectivity index (χ0n) is 9.32. The molecule has 0 aromatic heterocycles. The molecule has 1 atom stereocenters. The Hall–Kier alpha value is -0.640. The van der Waals surface area contributed by atoms with Crippen molar-refractivity contribution >= 4 is 31.9 Å². The topological polar surface area (TPSA) is 20.2 Å². The molecule has 1 unspecified atom stereocenters. The Labute approximate surface area is 118 Å². The van der Waals surface area contributed by atoms with Crippen LogP contribution in [0.3, 0.4) is 0 Å². The first-order valence-corrected chi connectivity index (χ1v) is 6.86. The third-order valence-corrected chi connectivity index (χ3v) is 3.95. The van der Waals surface area contributed by atoms with E-state index in [1.54, 1.807) is 0 Å². The molecular weight excluding hydrogens is 344 g/mol. The summed E-state index contributed by atoms with van der Waals surface area (Å²) < 4.78 is 1.87. The predicted molar refractivity (Wildman–Crippen MR) is 77.1 cm³/mol. The molecule has 0 aliphatic heterocycles. The molecule has 3 heteroatoms. The van der Waals surface area contributed by atoms with Gasteiger partial charge in [-0.05, 0) is 36.2 Å². The summed E-state index contributed by atoms with van der Waals surface area (Å²) in [6, 6.07) is 13.7. The Morgan fingerprint density at radius 3 is 2.41 bits per heavy atom. The standard InChI is InChI=1S/C14H12Br2O/c1-9-4-2-3-5-11(9)14(17)12-8-10(15)6-7-13(12)16/h2-8,14,17H,1H3. The van der Waals surface area contributed by atoms with Crippen molar-refractivity contribution < 1.29 is 5.11 Å². The lowest BCUT2D eigenvalue weighted by Gasteiger charge is -2.16. The maximum atomic E-state index is 10.4. The third-order valence-electron chi connectivity index (χ3n) is 2.74. The van der Waals surface area contributed by atoms with Crippen LogP contribution in [-0.2, 0) is 0 Å². The molecule has 2 aromatic carbocycles. The van der Waals surface area contributed by atoms with Crippen LogP contribution in [-0.4, -0.2) is 5.11 Å². The molecule has 0 radical (unpaired) electrons. The molecule has 2 aromatic rings. The lowest BCUT2D eigenvalue weighted by atomic mass is 9.98. The molecule has 0 fully saturated rings. The van der Waals surface area contributed by atoms with E-state index in [2.05, 4.69) is 31.9 Å². The summed E-state index contributed by atoms with van der Waals surface area (Å²) in [5, 5.41) is 10.4. The summed E-state index contributed by atoms with van der Waals surface area (Å²) in [5.74, 6) is 0. The highest BCUT2D eigenvalue weighted by Crippen LogP contribution is 2.32. The van der Waals surface area contributed by atoms with Crippen LogP contribution in [0.5, 0.6) is 0 Å². The number of hydrogen-bond acceptors (Lipinski definition) is 1. The number of aryl methyl sites for hydroxylation is 1. The predicted octanol–water partition coefficient (Wildman–Crippen LogP) is 4.60. The summed E-state index contributed by atoms with van der Waals surface area (Å²) in [6.07, 6.45) is -0.608. The van der Waals surface area contributed by atoms with Crippen LogP contribution in [0.1, 0.15) is 22.8 Å². The van der Waals surface area contributed by atoms with E-state index < -0.39 is 6.10 Å². The fourth-order valence-electron chi connectivity index (χ4n) is 1.79. The van der Waals surface area contributed by atoms with E-state index in [4.69, 9.17) is 0 Å². The average molecular weight is 356 g/mol. The molecule has 1 nitrogen and oxygen atoms in total. The molecule has 0 bridgehead atoms. The van der Waals surface area contributed by atoms with Crippen LogP contribution in [0.4, 0.5) is 0 Å². The van der Waals surface area contributed by atoms with Gasteiger partial charge in [0.2, 0.25) is 0 Å². The molecular formula is C14H12Br2O. The molecule has 0 aliphatic carbocycles. The molecule has 88 valence electrons. The van der Waals surface area contributed by atoms with Crippen molar-refractivity contribution in [2.24, 2.45) is 0 Å². The van der Waals surface area contributed by atoms with Crippen LogP contribution in [0, 0.1) is 6.92 Å². The number of aliphatic hydroxyl groups excluding tert-OH is 1. The highest BCUT2D eigenvalue weighted by molar-refractivity contribution is 9.11. The lowest BCUT2D eigenvalue weighted by molar-refractivity contribution is 0.218. The summed E-state index contributed by atoms with van der Waals surface area (Å²) >= 11 is 6.90. The quantitative estimate of drug-likeness (QED) is 0.834. The van der Waals surface area contributed by atoms with Crippen LogP contribution in [0.25, 0.3) is 0 Å².